The maximum absolute atomic E-state index is 5.81. The van der Waals surface area contributed by atoms with E-state index in [-0.39, 0.29) is 0 Å². The fraction of sp³-hybridized carbons (Fsp3) is 0.533. The minimum absolute atomic E-state index is 0.596. The predicted octanol–water partition coefficient (Wildman–Crippen LogP) is 4.40. The lowest BCUT2D eigenvalue weighted by atomic mass is 9.97. The van der Waals surface area contributed by atoms with E-state index in [1.165, 1.54) is 49.6 Å². The molecule has 0 unspecified atom stereocenters. The van der Waals surface area contributed by atoms with E-state index in [1.54, 1.807) is 11.3 Å². The summed E-state index contributed by atoms with van der Waals surface area (Å²) in [7, 11) is 0. The van der Waals surface area contributed by atoms with Gasteiger partial charge in [0.15, 0.2) is 5.13 Å². The van der Waals surface area contributed by atoms with E-state index in [9.17, 15) is 0 Å². The van der Waals surface area contributed by atoms with Crippen molar-refractivity contribution in [3.8, 4) is 0 Å². The monoisotopic (exact) mass is 275 g/mol. The zero-order valence-electron chi connectivity index (χ0n) is 11.2. The molecule has 1 aromatic carbocycles. The van der Waals surface area contributed by atoms with Crippen molar-refractivity contribution < 1.29 is 0 Å². The topological polar surface area (TPSA) is 50.9 Å². The number of rotatable bonds is 2. The van der Waals surface area contributed by atoms with Crippen molar-refractivity contribution in [2.45, 2.75) is 51.0 Å². The number of aromatic nitrogens is 1. The summed E-state index contributed by atoms with van der Waals surface area (Å²) < 4.78 is 1.17. The van der Waals surface area contributed by atoms with Gasteiger partial charge in [-0.3, -0.25) is 0 Å². The Labute approximate surface area is 118 Å². The molecule has 0 saturated heterocycles. The molecule has 0 bridgehead atoms. The number of thiazole rings is 1. The third kappa shape index (κ3) is 3.18. The fourth-order valence-electron chi connectivity index (χ4n) is 2.78. The molecule has 3 N–H and O–H groups in total. The molecule has 1 aromatic heterocycles. The highest BCUT2D eigenvalue weighted by Gasteiger charge is 2.13. The first-order valence-electron chi connectivity index (χ1n) is 7.24. The second-order valence-corrected chi connectivity index (χ2v) is 6.46. The van der Waals surface area contributed by atoms with Gasteiger partial charge in [-0.25, -0.2) is 4.98 Å². The molecule has 1 heterocycles. The third-order valence-corrected chi connectivity index (χ3v) is 4.79. The van der Waals surface area contributed by atoms with E-state index in [0.717, 1.165) is 16.3 Å². The van der Waals surface area contributed by atoms with E-state index < -0.39 is 0 Å². The molecule has 0 amide bonds. The Morgan fingerprint density at radius 2 is 1.84 bits per heavy atom. The van der Waals surface area contributed by atoms with E-state index >= 15 is 0 Å². The maximum atomic E-state index is 5.81. The van der Waals surface area contributed by atoms with Gasteiger partial charge in [0.1, 0.15) is 0 Å². The van der Waals surface area contributed by atoms with Crippen LogP contribution in [0.4, 0.5) is 10.8 Å². The molecule has 1 aliphatic carbocycles. The summed E-state index contributed by atoms with van der Waals surface area (Å²) in [5.41, 5.74) is 7.68. The number of hydrogen-bond acceptors (Lipinski definition) is 4. The molecule has 0 aliphatic heterocycles. The lowest BCUT2D eigenvalue weighted by Crippen LogP contribution is -2.20. The summed E-state index contributed by atoms with van der Waals surface area (Å²) in [6, 6.07) is 6.53. The lowest BCUT2D eigenvalue weighted by Gasteiger charge is -2.20. The number of nitrogens with zero attached hydrogens (tertiary/aromatic N) is 1. The highest BCUT2D eigenvalue weighted by atomic mass is 32.1. The molecule has 1 fully saturated rings. The first-order valence-corrected chi connectivity index (χ1v) is 8.05. The van der Waals surface area contributed by atoms with E-state index in [2.05, 4.69) is 10.3 Å². The molecule has 4 heteroatoms. The number of fused-ring (bicyclic) bond motifs is 1. The van der Waals surface area contributed by atoms with Gasteiger partial charge < -0.3 is 11.1 Å². The fourth-order valence-corrected chi connectivity index (χ4v) is 3.77. The largest absolute Gasteiger partial charge is 0.399 e. The number of anilines is 2. The van der Waals surface area contributed by atoms with Crippen LogP contribution in [-0.4, -0.2) is 11.0 Å². The van der Waals surface area contributed by atoms with Gasteiger partial charge in [-0.1, -0.05) is 43.4 Å². The van der Waals surface area contributed by atoms with Crippen LogP contribution >= 0.6 is 11.3 Å². The zero-order chi connectivity index (χ0) is 13.1. The average molecular weight is 275 g/mol. The van der Waals surface area contributed by atoms with Crippen LogP contribution in [0.15, 0.2) is 18.2 Å². The minimum atomic E-state index is 0.596. The van der Waals surface area contributed by atoms with Crippen molar-refractivity contribution in [3.05, 3.63) is 18.2 Å². The van der Waals surface area contributed by atoms with Crippen LogP contribution in [0.5, 0.6) is 0 Å². The van der Waals surface area contributed by atoms with E-state index in [0.29, 0.717) is 6.04 Å². The van der Waals surface area contributed by atoms with Gasteiger partial charge >= 0.3 is 0 Å². The van der Waals surface area contributed by atoms with Gasteiger partial charge in [0.2, 0.25) is 0 Å². The highest BCUT2D eigenvalue weighted by Crippen LogP contribution is 2.29. The second-order valence-electron chi connectivity index (χ2n) is 5.43. The maximum Gasteiger partial charge on any atom is 0.184 e. The molecular formula is C15H21N3S. The summed E-state index contributed by atoms with van der Waals surface area (Å²) in [4.78, 5) is 4.65. The van der Waals surface area contributed by atoms with Crippen molar-refractivity contribution in [2.75, 3.05) is 11.1 Å². The first kappa shape index (κ1) is 12.7. The molecule has 0 radical (unpaired) electrons. The number of nitrogens with two attached hydrogens (primary N) is 1. The number of nitrogen functional groups attached to an aromatic ring is 1. The molecule has 19 heavy (non-hydrogen) atoms. The van der Waals surface area contributed by atoms with E-state index in [4.69, 9.17) is 5.73 Å². The predicted molar refractivity (Wildman–Crippen MR) is 83.8 cm³/mol. The number of hydrogen-bond donors (Lipinski definition) is 2. The Hall–Kier alpha value is -1.29. The van der Waals surface area contributed by atoms with E-state index in [1.807, 2.05) is 18.2 Å². The van der Waals surface area contributed by atoms with Crippen LogP contribution < -0.4 is 11.1 Å². The van der Waals surface area contributed by atoms with Crippen molar-refractivity contribution in [1.29, 1.82) is 0 Å². The molecule has 0 spiro atoms. The number of benzene rings is 1. The molecule has 3 rings (SSSR count). The van der Waals surface area contributed by atoms with Gasteiger partial charge in [0.05, 0.1) is 10.2 Å². The molecule has 0 atom stereocenters. The Morgan fingerprint density at radius 1 is 1.11 bits per heavy atom. The van der Waals surface area contributed by atoms with Crippen LogP contribution in [0.2, 0.25) is 0 Å². The van der Waals surface area contributed by atoms with Crippen LogP contribution in [-0.2, 0) is 0 Å². The van der Waals surface area contributed by atoms with Gasteiger partial charge in [-0.05, 0) is 31.0 Å². The Kier molecular flexibility index (Phi) is 3.87. The minimum Gasteiger partial charge on any atom is -0.399 e. The Morgan fingerprint density at radius 3 is 2.63 bits per heavy atom. The molecule has 3 nitrogen and oxygen atoms in total. The van der Waals surface area contributed by atoms with Crippen molar-refractivity contribution in [1.82, 2.24) is 4.98 Å². The number of nitrogens with one attached hydrogen (secondary N) is 1. The van der Waals surface area contributed by atoms with Gasteiger partial charge in [-0.2, -0.15) is 0 Å². The summed E-state index contributed by atoms with van der Waals surface area (Å²) in [6.07, 6.45) is 9.41. The van der Waals surface area contributed by atoms with Crippen LogP contribution in [0.1, 0.15) is 44.9 Å². The summed E-state index contributed by atoms with van der Waals surface area (Å²) in [5.74, 6) is 0. The molecule has 1 saturated carbocycles. The smallest absolute Gasteiger partial charge is 0.184 e. The summed E-state index contributed by atoms with van der Waals surface area (Å²) in [6.45, 7) is 0. The van der Waals surface area contributed by atoms with Crippen molar-refractivity contribution >= 4 is 32.4 Å². The average Bonchev–Trinajstić information content (AvgIpc) is 2.74. The van der Waals surface area contributed by atoms with Gasteiger partial charge in [0.25, 0.3) is 0 Å². The van der Waals surface area contributed by atoms with Crippen molar-refractivity contribution in [2.24, 2.45) is 0 Å². The van der Waals surface area contributed by atoms with Crippen molar-refractivity contribution in [3.63, 3.8) is 0 Å². The highest BCUT2D eigenvalue weighted by molar-refractivity contribution is 7.22. The Balaban J connectivity index is 1.72. The summed E-state index contributed by atoms with van der Waals surface area (Å²) >= 11 is 1.71. The molecular weight excluding hydrogens is 254 g/mol. The standard InChI is InChI=1S/C15H21N3S/c16-11-8-9-13-14(10-11)19-15(18-13)17-12-6-4-2-1-3-5-7-12/h8-10,12H,1-7,16H2,(H,17,18). The van der Waals surface area contributed by atoms with Crippen LogP contribution in [0, 0.1) is 0 Å². The van der Waals surface area contributed by atoms with Crippen LogP contribution in [0.3, 0.4) is 0 Å². The molecule has 1 aliphatic rings. The normalized spacial score (nSPS) is 18.1. The third-order valence-electron chi connectivity index (χ3n) is 3.85. The molecule has 2 aromatic rings. The summed E-state index contributed by atoms with van der Waals surface area (Å²) in [5, 5.41) is 4.67. The van der Waals surface area contributed by atoms with Gasteiger partial charge in [-0.15, -0.1) is 0 Å². The van der Waals surface area contributed by atoms with Crippen LogP contribution in [0.25, 0.3) is 10.2 Å². The zero-order valence-corrected chi connectivity index (χ0v) is 12.0. The second kappa shape index (κ2) is 5.78. The quantitative estimate of drug-likeness (QED) is 0.798. The van der Waals surface area contributed by atoms with Gasteiger partial charge in [0, 0.05) is 11.7 Å². The first-order chi connectivity index (χ1) is 9.31. The Bertz CT molecular complexity index is 541. The molecule has 102 valence electrons. The SMILES string of the molecule is Nc1ccc2nc(NC3CCCCCCC3)sc2c1. The lowest BCUT2D eigenvalue weighted by molar-refractivity contribution is 0.471.